The predicted octanol–water partition coefficient (Wildman–Crippen LogP) is 9.23. The van der Waals surface area contributed by atoms with Crippen molar-refractivity contribution in [2.45, 2.75) is 137 Å². The first-order chi connectivity index (χ1) is 12.8. The van der Waals surface area contributed by atoms with Crippen LogP contribution in [0.25, 0.3) is 0 Å². The van der Waals surface area contributed by atoms with Crippen LogP contribution >= 0.6 is 0 Å². The molecule has 0 aliphatic rings. The van der Waals surface area contributed by atoms with Gasteiger partial charge in [-0.15, -0.1) is 11.3 Å². The Morgan fingerprint density at radius 2 is 1.07 bits per heavy atom. The third kappa shape index (κ3) is 8.89. The first-order valence-corrected chi connectivity index (χ1v) is 14.0. The molecule has 27 heavy (non-hydrogen) atoms. The molecule has 0 aliphatic heterocycles. The molecule has 0 amide bonds. The van der Waals surface area contributed by atoms with Crippen LogP contribution in [0.15, 0.2) is 16.9 Å². The van der Waals surface area contributed by atoms with E-state index in [9.17, 15) is 0 Å². The van der Waals surface area contributed by atoms with Gasteiger partial charge in [0.1, 0.15) is 8.07 Å². The molecule has 0 saturated heterocycles. The van der Waals surface area contributed by atoms with E-state index in [0.29, 0.717) is 16.6 Å². The van der Waals surface area contributed by atoms with Crippen molar-refractivity contribution < 1.29 is 0 Å². The fourth-order valence-corrected chi connectivity index (χ4v) is 9.60. The van der Waals surface area contributed by atoms with Crippen molar-refractivity contribution in [3.8, 4) is 11.5 Å². The van der Waals surface area contributed by atoms with Crippen LogP contribution in [-0.4, -0.2) is 8.07 Å². The number of hydrogen-bond acceptors (Lipinski definition) is 0. The van der Waals surface area contributed by atoms with E-state index in [1.807, 2.05) is 0 Å². The Bertz CT molecular complexity index is 486. The van der Waals surface area contributed by atoms with Crippen molar-refractivity contribution in [2.75, 3.05) is 0 Å². The van der Waals surface area contributed by atoms with Crippen molar-refractivity contribution >= 4 is 8.07 Å². The molecule has 0 bridgehead atoms. The second-order valence-electron chi connectivity index (χ2n) is 9.16. The third-order valence-electron chi connectivity index (χ3n) is 6.07. The van der Waals surface area contributed by atoms with Crippen molar-refractivity contribution in [3.05, 3.63) is 16.9 Å². The second kappa shape index (κ2) is 14.3. The zero-order valence-electron chi connectivity index (χ0n) is 20.1. The molecule has 0 rings (SSSR count). The molecule has 0 fully saturated rings. The van der Waals surface area contributed by atoms with E-state index in [4.69, 9.17) is 0 Å². The van der Waals surface area contributed by atoms with E-state index in [1.54, 1.807) is 0 Å². The minimum atomic E-state index is -1.66. The Hall–Kier alpha value is -0.703. The summed E-state index contributed by atoms with van der Waals surface area (Å²) in [4.78, 5) is 0. The van der Waals surface area contributed by atoms with Crippen LogP contribution in [-0.2, 0) is 0 Å². The number of hydrogen-bond donors (Lipinski definition) is 0. The van der Waals surface area contributed by atoms with Gasteiger partial charge < -0.3 is 0 Å². The van der Waals surface area contributed by atoms with Gasteiger partial charge in [0.15, 0.2) is 0 Å². The van der Waals surface area contributed by atoms with Gasteiger partial charge in [-0.2, -0.15) is 0 Å². The van der Waals surface area contributed by atoms with Crippen LogP contribution < -0.4 is 0 Å². The molecule has 0 nitrogen and oxygen atoms in total. The fraction of sp³-hybridized carbons (Fsp3) is 0.808. The molecule has 0 radical (unpaired) electrons. The van der Waals surface area contributed by atoms with Crippen molar-refractivity contribution in [3.63, 3.8) is 0 Å². The highest BCUT2D eigenvalue weighted by Crippen LogP contribution is 2.40. The summed E-state index contributed by atoms with van der Waals surface area (Å²) >= 11 is 0. The fourth-order valence-electron chi connectivity index (χ4n) is 4.37. The Kier molecular flexibility index (Phi) is 13.9. The van der Waals surface area contributed by atoms with Crippen molar-refractivity contribution in [2.24, 2.45) is 0 Å². The number of rotatable bonds is 12. The lowest BCUT2D eigenvalue weighted by atomic mass is 10.0. The summed E-state index contributed by atoms with van der Waals surface area (Å²) in [7, 11) is -1.66. The normalized spacial score (nSPS) is 11.6. The Balaban J connectivity index is 6.13. The molecule has 0 spiro atoms. The number of allylic oxidation sites excluding steroid dienone is 1. The van der Waals surface area contributed by atoms with Crippen molar-refractivity contribution in [1.82, 2.24) is 0 Å². The minimum absolute atomic E-state index is 0.695. The topological polar surface area (TPSA) is 0 Å². The largest absolute Gasteiger partial charge is 0.146 e. The Morgan fingerprint density at radius 1 is 0.667 bits per heavy atom. The van der Waals surface area contributed by atoms with E-state index in [2.05, 4.69) is 79.5 Å². The van der Waals surface area contributed by atoms with Gasteiger partial charge in [0.25, 0.3) is 0 Å². The van der Waals surface area contributed by atoms with E-state index in [0.717, 1.165) is 6.42 Å². The van der Waals surface area contributed by atoms with E-state index >= 15 is 0 Å². The maximum absolute atomic E-state index is 3.93. The molecule has 0 heterocycles. The SMILES string of the molecule is CCCCC(=C=C(CCCC)CCCC)C#C[Si](C(C)C)(C(C)C)C(C)C. The van der Waals surface area contributed by atoms with Gasteiger partial charge in [0.2, 0.25) is 0 Å². The summed E-state index contributed by atoms with van der Waals surface area (Å²) in [5.41, 5.74) is 12.7. The molecule has 0 N–H and O–H groups in total. The van der Waals surface area contributed by atoms with E-state index in [-0.39, 0.29) is 0 Å². The minimum Gasteiger partial charge on any atom is -0.125 e. The summed E-state index contributed by atoms with van der Waals surface area (Å²) in [6.45, 7) is 21.3. The van der Waals surface area contributed by atoms with Crippen LogP contribution in [0.2, 0.25) is 16.6 Å². The van der Waals surface area contributed by atoms with E-state index < -0.39 is 8.07 Å². The maximum Gasteiger partial charge on any atom is 0.146 e. The lowest BCUT2D eigenvalue weighted by Crippen LogP contribution is -2.43. The van der Waals surface area contributed by atoms with Gasteiger partial charge >= 0.3 is 0 Å². The molecule has 0 unspecified atom stereocenters. The van der Waals surface area contributed by atoms with Gasteiger partial charge in [0, 0.05) is 5.57 Å². The highest BCUT2D eigenvalue weighted by atomic mass is 28.3. The Morgan fingerprint density at radius 3 is 1.44 bits per heavy atom. The average molecular weight is 389 g/mol. The molecular formula is C26H48Si. The molecule has 0 aromatic heterocycles. The molecule has 156 valence electrons. The maximum atomic E-state index is 3.93. The quantitative estimate of drug-likeness (QED) is 0.177. The lowest BCUT2D eigenvalue weighted by Gasteiger charge is -2.38. The summed E-state index contributed by atoms with van der Waals surface area (Å²) in [6.07, 6.45) is 11.0. The molecule has 0 saturated carbocycles. The smallest absolute Gasteiger partial charge is 0.125 e. The van der Waals surface area contributed by atoms with Crippen LogP contribution in [0.5, 0.6) is 0 Å². The average Bonchev–Trinajstić information content (AvgIpc) is 2.60. The molecule has 0 aromatic carbocycles. The molecule has 0 aliphatic carbocycles. The molecule has 0 aromatic rings. The van der Waals surface area contributed by atoms with E-state index in [1.165, 1.54) is 62.5 Å². The molecular weight excluding hydrogens is 340 g/mol. The third-order valence-corrected chi connectivity index (χ3v) is 12.4. The first-order valence-electron chi connectivity index (χ1n) is 11.8. The van der Waals surface area contributed by atoms with Gasteiger partial charge in [-0.25, -0.2) is 0 Å². The zero-order chi connectivity index (χ0) is 20.9. The Labute approximate surface area is 173 Å². The van der Waals surface area contributed by atoms with Gasteiger partial charge in [-0.3, -0.25) is 0 Å². The molecule has 1 heteroatoms. The predicted molar refractivity (Wildman–Crippen MR) is 128 cm³/mol. The highest BCUT2D eigenvalue weighted by molar-refractivity contribution is 6.90. The van der Waals surface area contributed by atoms with Gasteiger partial charge in [-0.05, 0) is 60.7 Å². The highest BCUT2D eigenvalue weighted by Gasteiger charge is 2.41. The number of unbranched alkanes of at least 4 members (excludes halogenated alkanes) is 3. The summed E-state index contributed by atoms with van der Waals surface area (Å²) < 4.78 is 0. The zero-order valence-corrected chi connectivity index (χ0v) is 21.1. The monoisotopic (exact) mass is 388 g/mol. The molecule has 0 atom stereocenters. The second-order valence-corrected chi connectivity index (χ2v) is 14.7. The lowest BCUT2D eigenvalue weighted by molar-refractivity contribution is 0.712. The van der Waals surface area contributed by atoms with Crippen LogP contribution in [0, 0.1) is 11.5 Å². The summed E-state index contributed by atoms with van der Waals surface area (Å²) in [5, 5.41) is 0. The van der Waals surface area contributed by atoms with Crippen LogP contribution in [0.3, 0.4) is 0 Å². The summed E-state index contributed by atoms with van der Waals surface area (Å²) in [5.74, 6) is 3.72. The van der Waals surface area contributed by atoms with Gasteiger partial charge in [-0.1, -0.05) is 87.5 Å². The van der Waals surface area contributed by atoms with Crippen molar-refractivity contribution in [1.29, 1.82) is 0 Å². The van der Waals surface area contributed by atoms with Gasteiger partial charge in [0.05, 0.1) is 0 Å². The summed E-state index contributed by atoms with van der Waals surface area (Å²) in [6, 6.07) is 0. The standard InChI is InChI=1S/C26H48Si/c1-10-13-16-25(17-14-11-2)21-26(18-15-12-3)19-20-27(22(4)5,23(6)7)24(8)9/h22-24H,10-18H2,1-9H3. The first kappa shape index (κ1) is 26.3. The van der Waals surface area contributed by atoms with Crippen LogP contribution in [0.1, 0.15) is 120 Å². The van der Waals surface area contributed by atoms with Crippen LogP contribution in [0.4, 0.5) is 0 Å².